The maximum absolute atomic E-state index is 13.7. The summed E-state index contributed by atoms with van der Waals surface area (Å²) in [6, 6.07) is 6.39. The molecule has 112 valence electrons. The summed E-state index contributed by atoms with van der Waals surface area (Å²) >= 11 is 0. The van der Waals surface area contributed by atoms with Crippen molar-refractivity contribution in [3.05, 3.63) is 47.0 Å². The van der Waals surface area contributed by atoms with Crippen molar-refractivity contribution in [3.8, 4) is 0 Å². The Balaban J connectivity index is 2.24. The lowest BCUT2D eigenvalue weighted by Crippen LogP contribution is -2.29. The quantitative estimate of drug-likeness (QED) is 0.936. The summed E-state index contributed by atoms with van der Waals surface area (Å²) < 4.78 is 15.1. The van der Waals surface area contributed by atoms with Gasteiger partial charge in [0, 0.05) is 26.2 Å². The van der Waals surface area contributed by atoms with Gasteiger partial charge in [-0.25, -0.2) is 4.39 Å². The van der Waals surface area contributed by atoms with Gasteiger partial charge in [-0.05, 0) is 12.5 Å². The first-order valence-corrected chi connectivity index (χ1v) is 6.75. The second-order valence-corrected chi connectivity index (χ2v) is 4.94. The van der Waals surface area contributed by atoms with Crippen LogP contribution in [0.3, 0.4) is 0 Å². The Kier molecular flexibility index (Phi) is 4.26. The molecule has 6 heteroatoms. The average molecular weight is 290 g/mol. The monoisotopic (exact) mass is 290 g/mol. The molecule has 5 nitrogen and oxygen atoms in total. The lowest BCUT2D eigenvalue weighted by molar-refractivity contribution is 0.0774. The van der Waals surface area contributed by atoms with E-state index >= 15 is 0 Å². The Morgan fingerprint density at radius 2 is 2.10 bits per heavy atom. The van der Waals surface area contributed by atoms with Crippen molar-refractivity contribution >= 4 is 11.6 Å². The number of carbonyl (C=O) groups is 1. The third-order valence-electron chi connectivity index (χ3n) is 3.41. The van der Waals surface area contributed by atoms with E-state index < -0.39 is 0 Å². The molecule has 1 amide bonds. The lowest BCUT2D eigenvalue weighted by atomic mass is 10.2. The number of hydrogen-bond acceptors (Lipinski definition) is 3. The van der Waals surface area contributed by atoms with Crippen LogP contribution in [0.4, 0.5) is 10.1 Å². The minimum atomic E-state index is -0.329. The highest BCUT2D eigenvalue weighted by atomic mass is 19.1. The molecule has 0 aliphatic rings. The van der Waals surface area contributed by atoms with Gasteiger partial charge >= 0.3 is 0 Å². The van der Waals surface area contributed by atoms with Crippen LogP contribution in [0.2, 0.25) is 0 Å². The number of aryl methyl sites for hydroxylation is 2. The highest BCUT2D eigenvalue weighted by Crippen LogP contribution is 2.19. The molecule has 0 aliphatic heterocycles. The van der Waals surface area contributed by atoms with Crippen molar-refractivity contribution in [3.63, 3.8) is 0 Å². The van der Waals surface area contributed by atoms with E-state index in [1.54, 1.807) is 32.3 Å². The van der Waals surface area contributed by atoms with Crippen LogP contribution >= 0.6 is 0 Å². The molecular weight excluding hydrogens is 271 g/mol. The molecule has 0 saturated heterocycles. The molecule has 0 saturated carbocycles. The zero-order valence-corrected chi connectivity index (χ0v) is 12.4. The highest BCUT2D eigenvalue weighted by molar-refractivity contribution is 5.97. The van der Waals surface area contributed by atoms with E-state index in [2.05, 4.69) is 5.10 Å². The highest BCUT2D eigenvalue weighted by Gasteiger charge is 2.22. The number of aromatic nitrogens is 2. The smallest absolute Gasteiger partial charge is 0.274 e. The van der Waals surface area contributed by atoms with Crippen LogP contribution in [-0.2, 0) is 20.0 Å². The predicted octanol–water partition coefficient (Wildman–Crippen LogP) is 1.98. The van der Waals surface area contributed by atoms with E-state index in [4.69, 9.17) is 5.73 Å². The van der Waals surface area contributed by atoms with E-state index in [-0.39, 0.29) is 18.3 Å². The molecule has 21 heavy (non-hydrogen) atoms. The van der Waals surface area contributed by atoms with Crippen molar-refractivity contribution in [2.45, 2.75) is 19.9 Å². The van der Waals surface area contributed by atoms with Crippen molar-refractivity contribution < 1.29 is 9.18 Å². The maximum atomic E-state index is 13.7. The van der Waals surface area contributed by atoms with Gasteiger partial charge in [0.05, 0.1) is 11.4 Å². The topological polar surface area (TPSA) is 64.2 Å². The van der Waals surface area contributed by atoms with Gasteiger partial charge in [0.1, 0.15) is 11.5 Å². The zero-order valence-electron chi connectivity index (χ0n) is 12.4. The SMILES string of the molecule is CCc1nn(C)c(C(=O)N(C)Cc2ccccc2F)c1N. The van der Waals surface area contributed by atoms with Gasteiger partial charge in [0.25, 0.3) is 5.91 Å². The number of hydrogen-bond donors (Lipinski definition) is 1. The second-order valence-electron chi connectivity index (χ2n) is 4.94. The molecule has 0 atom stereocenters. The molecule has 1 aromatic carbocycles. The fraction of sp³-hybridized carbons (Fsp3) is 0.333. The average Bonchev–Trinajstić information content (AvgIpc) is 2.75. The van der Waals surface area contributed by atoms with Crippen LogP contribution in [0.5, 0.6) is 0 Å². The molecule has 0 spiro atoms. The Hall–Kier alpha value is -2.37. The number of anilines is 1. The Morgan fingerprint density at radius 3 is 2.67 bits per heavy atom. The third-order valence-corrected chi connectivity index (χ3v) is 3.41. The lowest BCUT2D eigenvalue weighted by Gasteiger charge is -2.18. The van der Waals surface area contributed by atoms with Crippen LogP contribution in [0.25, 0.3) is 0 Å². The summed E-state index contributed by atoms with van der Waals surface area (Å²) in [4.78, 5) is 13.9. The van der Waals surface area contributed by atoms with Crippen LogP contribution in [0.15, 0.2) is 24.3 Å². The molecule has 2 aromatic rings. The number of carbonyl (C=O) groups excluding carboxylic acids is 1. The van der Waals surface area contributed by atoms with E-state index in [0.717, 1.165) is 0 Å². The van der Waals surface area contributed by atoms with Crippen molar-refractivity contribution in [2.75, 3.05) is 12.8 Å². The molecule has 0 bridgehead atoms. The number of benzene rings is 1. The molecule has 0 fully saturated rings. The normalized spacial score (nSPS) is 10.7. The number of nitrogens with zero attached hydrogens (tertiary/aromatic N) is 3. The molecule has 0 aliphatic carbocycles. The van der Waals surface area contributed by atoms with Crippen LogP contribution < -0.4 is 5.73 Å². The van der Waals surface area contributed by atoms with E-state index in [0.29, 0.717) is 29.1 Å². The first-order chi connectivity index (χ1) is 9.95. The van der Waals surface area contributed by atoms with E-state index in [1.165, 1.54) is 15.6 Å². The predicted molar refractivity (Wildman–Crippen MR) is 79.2 cm³/mol. The Bertz CT molecular complexity index is 666. The van der Waals surface area contributed by atoms with Gasteiger partial charge in [-0.15, -0.1) is 0 Å². The van der Waals surface area contributed by atoms with Crippen LogP contribution in [0.1, 0.15) is 28.7 Å². The van der Waals surface area contributed by atoms with E-state index in [9.17, 15) is 9.18 Å². The molecule has 1 aromatic heterocycles. The molecule has 1 heterocycles. The largest absolute Gasteiger partial charge is 0.395 e. The first-order valence-electron chi connectivity index (χ1n) is 6.75. The maximum Gasteiger partial charge on any atom is 0.274 e. The van der Waals surface area contributed by atoms with Gasteiger partial charge in [0.2, 0.25) is 0 Å². The van der Waals surface area contributed by atoms with Gasteiger partial charge in [-0.1, -0.05) is 25.1 Å². The number of halogens is 1. The fourth-order valence-corrected chi connectivity index (χ4v) is 2.25. The summed E-state index contributed by atoms with van der Waals surface area (Å²) in [5.41, 5.74) is 7.86. The Morgan fingerprint density at radius 1 is 1.43 bits per heavy atom. The van der Waals surface area contributed by atoms with Crippen molar-refractivity contribution in [1.29, 1.82) is 0 Å². The summed E-state index contributed by atoms with van der Waals surface area (Å²) in [6.07, 6.45) is 0.657. The second kappa shape index (κ2) is 5.95. The molecule has 0 radical (unpaired) electrons. The summed E-state index contributed by atoms with van der Waals surface area (Å²) in [7, 11) is 3.30. The molecular formula is C15H19FN4O. The van der Waals surface area contributed by atoms with Gasteiger partial charge in [0.15, 0.2) is 0 Å². The fourth-order valence-electron chi connectivity index (χ4n) is 2.25. The third kappa shape index (κ3) is 2.89. The number of nitrogens with two attached hydrogens (primary N) is 1. The van der Waals surface area contributed by atoms with Crippen molar-refractivity contribution in [1.82, 2.24) is 14.7 Å². The van der Waals surface area contributed by atoms with Crippen molar-refractivity contribution in [2.24, 2.45) is 7.05 Å². The van der Waals surface area contributed by atoms with E-state index in [1.807, 2.05) is 6.92 Å². The van der Waals surface area contributed by atoms with Gasteiger partial charge in [-0.2, -0.15) is 5.10 Å². The number of rotatable bonds is 4. The molecule has 0 unspecified atom stereocenters. The first kappa shape index (κ1) is 15.0. The number of nitrogen functional groups attached to an aromatic ring is 1. The zero-order chi connectivity index (χ0) is 15.6. The summed E-state index contributed by atoms with van der Waals surface area (Å²) in [5.74, 6) is -0.602. The summed E-state index contributed by atoms with van der Waals surface area (Å²) in [6.45, 7) is 2.10. The molecule has 2 rings (SSSR count). The minimum absolute atomic E-state index is 0.178. The minimum Gasteiger partial charge on any atom is -0.395 e. The standard InChI is InChI=1S/C15H19FN4O/c1-4-12-13(17)14(20(3)18-12)15(21)19(2)9-10-7-5-6-8-11(10)16/h5-8H,4,9,17H2,1-3H3. The molecule has 2 N–H and O–H groups in total. The van der Waals surface area contributed by atoms with Gasteiger partial charge < -0.3 is 10.6 Å². The number of amides is 1. The van der Waals surface area contributed by atoms with Crippen LogP contribution in [0, 0.1) is 5.82 Å². The van der Waals surface area contributed by atoms with Crippen LogP contribution in [-0.4, -0.2) is 27.6 Å². The van der Waals surface area contributed by atoms with Gasteiger partial charge in [-0.3, -0.25) is 9.48 Å². The Labute approximate surface area is 123 Å². The summed E-state index contributed by atoms with van der Waals surface area (Å²) in [5, 5.41) is 4.23.